The molecule has 11 heteroatoms. The Morgan fingerprint density at radius 1 is 1.28 bits per heavy atom. The van der Waals surface area contributed by atoms with E-state index in [9.17, 15) is 20.2 Å². The van der Waals surface area contributed by atoms with E-state index in [4.69, 9.17) is 9.47 Å². The van der Waals surface area contributed by atoms with Gasteiger partial charge in [0.15, 0.2) is 16.7 Å². The molecule has 1 heterocycles. The van der Waals surface area contributed by atoms with Gasteiger partial charge in [-0.3, -0.25) is 14.9 Å². The summed E-state index contributed by atoms with van der Waals surface area (Å²) in [6.45, 7) is 0. The zero-order valence-corrected chi connectivity index (χ0v) is 15.8. The lowest BCUT2D eigenvalue weighted by atomic mass is 10.2. The zero-order chi connectivity index (χ0) is 20.8. The van der Waals surface area contributed by atoms with E-state index < -0.39 is 4.92 Å². The molecule has 0 atom stereocenters. The van der Waals surface area contributed by atoms with Gasteiger partial charge in [-0.05, 0) is 29.8 Å². The van der Waals surface area contributed by atoms with Gasteiger partial charge in [0.25, 0.3) is 5.69 Å². The number of methoxy groups -OCH3 is 1. The zero-order valence-electron chi connectivity index (χ0n) is 15.0. The summed E-state index contributed by atoms with van der Waals surface area (Å²) in [6, 6.07) is 10.6. The van der Waals surface area contributed by atoms with E-state index in [0.29, 0.717) is 28.0 Å². The van der Waals surface area contributed by atoms with Crippen molar-refractivity contribution in [3.8, 4) is 23.3 Å². The van der Waals surface area contributed by atoms with Crippen LogP contribution in [0.5, 0.6) is 17.2 Å². The second kappa shape index (κ2) is 8.85. The van der Waals surface area contributed by atoms with Crippen molar-refractivity contribution in [1.29, 1.82) is 5.26 Å². The summed E-state index contributed by atoms with van der Waals surface area (Å²) >= 11 is 1.27. The number of nitrogens with zero attached hydrogens (tertiary/aromatic N) is 4. The minimum Gasteiger partial charge on any atom is -0.493 e. The summed E-state index contributed by atoms with van der Waals surface area (Å²) in [4.78, 5) is 21.4. The van der Waals surface area contributed by atoms with Crippen LogP contribution in [0, 0.1) is 21.4 Å². The number of amides is 1. The number of nitro benzene ring substituents is 1. The average molecular weight is 411 g/mol. The molecule has 0 spiro atoms. The van der Waals surface area contributed by atoms with Crippen LogP contribution in [0.3, 0.4) is 0 Å². The third-order valence-electron chi connectivity index (χ3n) is 3.64. The molecule has 2 aromatic rings. The molecule has 146 valence electrons. The highest BCUT2D eigenvalue weighted by molar-refractivity contribution is 8.15. The molecule has 3 rings (SSSR count). The predicted octanol–water partition coefficient (Wildman–Crippen LogP) is 2.82. The number of non-ortho nitro benzene ring substituents is 1. The summed E-state index contributed by atoms with van der Waals surface area (Å²) in [7, 11) is 1.45. The predicted molar refractivity (Wildman–Crippen MR) is 107 cm³/mol. The van der Waals surface area contributed by atoms with Crippen LogP contribution >= 0.6 is 11.8 Å². The lowest BCUT2D eigenvalue weighted by molar-refractivity contribution is -0.384. The lowest BCUT2D eigenvalue weighted by Gasteiger charge is -2.11. The highest BCUT2D eigenvalue weighted by Crippen LogP contribution is 2.34. The van der Waals surface area contributed by atoms with E-state index in [1.165, 1.54) is 37.2 Å². The highest BCUT2D eigenvalue weighted by Gasteiger charge is 2.16. The third kappa shape index (κ3) is 4.88. The van der Waals surface area contributed by atoms with E-state index in [2.05, 4.69) is 15.5 Å². The van der Waals surface area contributed by atoms with Gasteiger partial charge < -0.3 is 14.8 Å². The van der Waals surface area contributed by atoms with Gasteiger partial charge in [-0.15, -0.1) is 5.10 Å². The van der Waals surface area contributed by atoms with E-state index in [1.54, 1.807) is 18.2 Å². The van der Waals surface area contributed by atoms with Crippen molar-refractivity contribution in [3.63, 3.8) is 0 Å². The van der Waals surface area contributed by atoms with E-state index in [1.807, 2.05) is 6.07 Å². The monoisotopic (exact) mass is 411 g/mol. The minimum atomic E-state index is -0.585. The summed E-state index contributed by atoms with van der Waals surface area (Å²) < 4.78 is 11.0. The van der Waals surface area contributed by atoms with Crippen molar-refractivity contribution < 1.29 is 19.2 Å². The van der Waals surface area contributed by atoms with Gasteiger partial charge in [-0.1, -0.05) is 11.8 Å². The Balaban J connectivity index is 1.80. The second-order valence-electron chi connectivity index (χ2n) is 5.55. The average Bonchev–Trinajstić information content (AvgIpc) is 3.14. The normalized spacial score (nSPS) is 14.6. The molecule has 2 aromatic carbocycles. The maximum absolute atomic E-state index is 11.1. The second-order valence-corrected chi connectivity index (χ2v) is 6.51. The first-order valence-corrected chi connectivity index (χ1v) is 9.07. The van der Waals surface area contributed by atoms with Crippen molar-refractivity contribution >= 4 is 34.7 Å². The molecule has 10 nitrogen and oxygen atoms in total. The van der Waals surface area contributed by atoms with Crippen LogP contribution < -0.4 is 14.8 Å². The number of nitriles is 1. The number of benzene rings is 2. The van der Waals surface area contributed by atoms with Crippen molar-refractivity contribution in [2.24, 2.45) is 10.2 Å². The summed E-state index contributed by atoms with van der Waals surface area (Å²) in [5.74, 6) is 1.06. The Kier molecular flexibility index (Phi) is 6.06. The Bertz CT molecular complexity index is 1080. The van der Waals surface area contributed by atoms with E-state index in [0.717, 1.165) is 6.07 Å². The largest absolute Gasteiger partial charge is 0.493 e. The SMILES string of the molecule is COc1cc(C=N/N=C2/NC(=O)CS2)ccc1Oc1ccc([N+](=O)[O-])cc1C#N. The van der Waals surface area contributed by atoms with Gasteiger partial charge in [0.2, 0.25) is 5.91 Å². The molecular formula is C18H13N5O5S. The van der Waals surface area contributed by atoms with Gasteiger partial charge in [0.1, 0.15) is 17.4 Å². The number of nitro groups is 1. The van der Waals surface area contributed by atoms with Gasteiger partial charge in [0, 0.05) is 12.1 Å². The fourth-order valence-electron chi connectivity index (χ4n) is 2.30. The number of ether oxygens (including phenoxy) is 2. The van der Waals surface area contributed by atoms with Gasteiger partial charge in [-0.25, -0.2) is 0 Å². The number of rotatable bonds is 6. The van der Waals surface area contributed by atoms with Crippen molar-refractivity contribution in [2.45, 2.75) is 0 Å². The highest BCUT2D eigenvalue weighted by atomic mass is 32.2. The molecule has 1 saturated heterocycles. The fourth-order valence-corrected chi connectivity index (χ4v) is 2.93. The maximum Gasteiger partial charge on any atom is 0.271 e. The molecule has 0 radical (unpaired) electrons. The van der Waals surface area contributed by atoms with Gasteiger partial charge in [-0.2, -0.15) is 10.4 Å². The molecule has 1 fully saturated rings. The van der Waals surface area contributed by atoms with Crippen LogP contribution in [-0.4, -0.2) is 35.1 Å². The molecule has 0 aromatic heterocycles. The molecule has 0 unspecified atom stereocenters. The topological polar surface area (TPSA) is 139 Å². The molecule has 1 aliphatic heterocycles. The Hall–Kier alpha value is -3.91. The summed E-state index contributed by atoms with van der Waals surface area (Å²) in [5, 5.41) is 30.9. The molecule has 0 bridgehead atoms. The first-order chi connectivity index (χ1) is 14.0. The third-order valence-corrected chi connectivity index (χ3v) is 4.51. The molecule has 1 amide bonds. The fraction of sp³-hybridized carbons (Fsp3) is 0.111. The van der Waals surface area contributed by atoms with Gasteiger partial charge >= 0.3 is 0 Å². The number of hydrogen-bond acceptors (Lipinski definition) is 9. The number of thioether (sulfide) groups is 1. The van der Waals surface area contributed by atoms with Gasteiger partial charge in [0.05, 0.1) is 24.0 Å². The van der Waals surface area contributed by atoms with Crippen molar-refractivity contribution in [1.82, 2.24) is 5.32 Å². The molecule has 0 saturated carbocycles. The molecule has 0 aliphatic carbocycles. The Labute approximate surface area is 169 Å². The summed E-state index contributed by atoms with van der Waals surface area (Å²) in [5.41, 5.74) is 0.488. The quantitative estimate of drug-likeness (QED) is 0.438. The minimum absolute atomic E-state index is 0.0267. The smallest absolute Gasteiger partial charge is 0.271 e. The lowest BCUT2D eigenvalue weighted by Crippen LogP contribution is -2.19. The molecular weight excluding hydrogens is 398 g/mol. The van der Waals surface area contributed by atoms with Crippen LogP contribution in [0.1, 0.15) is 11.1 Å². The molecule has 1 N–H and O–H groups in total. The first-order valence-electron chi connectivity index (χ1n) is 8.08. The number of carbonyl (C=O) groups excluding carboxylic acids is 1. The number of nitrogens with one attached hydrogen (secondary N) is 1. The van der Waals surface area contributed by atoms with Crippen molar-refractivity contribution in [3.05, 3.63) is 57.6 Å². The Morgan fingerprint density at radius 2 is 2.07 bits per heavy atom. The van der Waals surface area contributed by atoms with E-state index >= 15 is 0 Å². The van der Waals surface area contributed by atoms with E-state index in [-0.39, 0.29) is 22.9 Å². The summed E-state index contributed by atoms with van der Waals surface area (Å²) in [6.07, 6.45) is 1.48. The standard InChI is InChI=1S/C18H13N5O5S/c1-27-16-6-11(9-20-22-18-21-17(24)10-29-18)2-4-15(16)28-14-5-3-13(23(25)26)7-12(14)8-19/h2-7,9H,10H2,1H3,(H,21,22,24). The number of hydrogen-bond donors (Lipinski definition) is 1. The molecule has 29 heavy (non-hydrogen) atoms. The Morgan fingerprint density at radius 3 is 2.72 bits per heavy atom. The van der Waals surface area contributed by atoms with Crippen LogP contribution in [0.4, 0.5) is 5.69 Å². The maximum atomic E-state index is 11.1. The van der Waals surface area contributed by atoms with Crippen LogP contribution in [0.2, 0.25) is 0 Å². The van der Waals surface area contributed by atoms with Crippen molar-refractivity contribution in [2.75, 3.05) is 12.9 Å². The van der Waals surface area contributed by atoms with Crippen LogP contribution in [-0.2, 0) is 4.79 Å². The number of amidine groups is 1. The molecule has 1 aliphatic rings. The number of carbonyl (C=O) groups is 1. The van der Waals surface area contributed by atoms with Crippen LogP contribution in [0.15, 0.2) is 46.6 Å². The van der Waals surface area contributed by atoms with Crippen LogP contribution in [0.25, 0.3) is 0 Å². The first kappa shape index (κ1) is 19.8.